The van der Waals surface area contributed by atoms with Crippen LogP contribution in [0.5, 0.6) is 0 Å². The average Bonchev–Trinajstić information content (AvgIpc) is 2.67. The Labute approximate surface area is 107 Å². The number of carbonyl (C=O) groups is 1. The van der Waals surface area contributed by atoms with Crippen LogP contribution in [0.3, 0.4) is 0 Å². The maximum Gasteiger partial charge on any atom is 0.407 e. The minimum Gasteiger partial charge on any atom is -0.445 e. The number of alkyl carbamates (subject to hydrolysis) is 1. The zero-order valence-electron chi connectivity index (χ0n) is 10.5. The third-order valence-electron chi connectivity index (χ3n) is 3.37. The molecule has 0 aromatic heterocycles. The number of hydrogen-bond acceptors (Lipinski definition) is 3. The van der Waals surface area contributed by atoms with Gasteiger partial charge >= 0.3 is 6.09 Å². The molecule has 0 heterocycles. The first-order valence-electron chi connectivity index (χ1n) is 6.30. The summed E-state index contributed by atoms with van der Waals surface area (Å²) in [5.74, 6) is 0.296. The molecule has 0 spiro atoms. The van der Waals surface area contributed by atoms with E-state index in [2.05, 4.69) is 5.32 Å². The molecule has 1 aromatic rings. The fraction of sp³-hybridized carbons (Fsp3) is 0.500. The molecule has 2 rings (SSSR count). The van der Waals surface area contributed by atoms with Crippen LogP contribution >= 0.6 is 0 Å². The first kappa shape index (κ1) is 12.9. The number of nitrogens with one attached hydrogen (secondary N) is 1. The van der Waals surface area contributed by atoms with Crippen molar-refractivity contribution >= 4 is 6.09 Å². The van der Waals surface area contributed by atoms with E-state index in [4.69, 9.17) is 4.74 Å². The highest BCUT2D eigenvalue weighted by Crippen LogP contribution is 2.25. The van der Waals surface area contributed by atoms with E-state index in [0.29, 0.717) is 12.3 Å². The van der Waals surface area contributed by atoms with Crippen LogP contribution in [0.1, 0.15) is 25.3 Å². The Morgan fingerprint density at radius 1 is 1.39 bits per heavy atom. The van der Waals surface area contributed by atoms with E-state index < -0.39 is 6.09 Å². The maximum absolute atomic E-state index is 11.6. The van der Waals surface area contributed by atoms with Crippen molar-refractivity contribution in [2.75, 3.05) is 0 Å². The van der Waals surface area contributed by atoms with Gasteiger partial charge in [-0.15, -0.1) is 0 Å². The lowest BCUT2D eigenvalue weighted by Crippen LogP contribution is -2.37. The molecule has 0 bridgehead atoms. The van der Waals surface area contributed by atoms with Gasteiger partial charge in [0.2, 0.25) is 0 Å². The predicted molar refractivity (Wildman–Crippen MR) is 68.0 cm³/mol. The Kier molecular flexibility index (Phi) is 4.20. The van der Waals surface area contributed by atoms with Crippen molar-refractivity contribution in [1.82, 2.24) is 5.32 Å². The van der Waals surface area contributed by atoms with Crippen molar-refractivity contribution < 1.29 is 14.6 Å². The Morgan fingerprint density at radius 2 is 2.11 bits per heavy atom. The monoisotopic (exact) mass is 249 g/mol. The second kappa shape index (κ2) is 5.87. The smallest absolute Gasteiger partial charge is 0.407 e. The first-order chi connectivity index (χ1) is 8.65. The summed E-state index contributed by atoms with van der Waals surface area (Å²) < 4.78 is 5.14. The summed E-state index contributed by atoms with van der Waals surface area (Å²) in [5.41, 5.74) is 0.965. The normalized spacial score (nSPS) is 26.9. The molecule has 1 aliphatic rings. The molecule has 98 valence electrons. The van der Waals surface area contributed by atoms with E-state index >= 15 is 0 Å². The second-order valence-corrected chi connectivity index (χ2v) is 4.92. The lowest BCUT2D eigenvalue weighted by Gasteiger charge is -2.16. The van der Waals surface area contributed by atoms with Crippen LogP contribution in [0.25, 0.3) is 0 Å². The van der Waals surface area contributed by atoms with Crippen molar-refractivity contribution in [1.29, 1.82) is 0 Å². The number of hydrogen-bond donors (Lipinski definition) is 2. The second-order valence-electron chi connectivity index (χ2n) is 4.92. The molecule has 1 saturated carbocycles. The summed E-state index contributed by atoms with van der Waals surface area (Å²) >= 11 is 0. The van der Waals surface area contributed by atoms with Gasteiger partial charge in [-0.3, -0.25) is 0 Å². The van der Waals surface area contributed by atoms with E-state index in [9.17, 15) is 9.90 Å². The summed E-state index contributed by atoms with van der Waals surface area (Å²) in [6.45, 7) is 2.30. The van der Waals surface area contributed by atoms with Crippen LogP contribution in [-0.2, 0) is 11.3 Å². The van der Waals surface area contributed by atoms with Gasteiger partial charge in [-0.1, -0.05) is 37.3 Å². The molecule has 4 heteroatoms. The van der Waals surface area contributed by atoms with Crippen molar-refractivity contribution in [3.8, 4) is 0 Å². The molecule has 0 radical (unpaired) electrons. The lowest BCUT2D eigenvalue weighted by atomic mass is 10.1. The highest BCUT2D eigenvalue weighted by atomic mass is 16.5. The van der Waals surface area contributed by atoms with Crippen LogP contribution in [-0.4, -0.2) is 23.3 Å². The predicted octanol–water partition coefficient (Wildman–Crippen LogP) is 2.07. The lowest BCUT2D eigenvalue weighted by molar-refractivity contribution is 0.132. The van der Waals surface area contributed by atoms with Gasteiger partial charge in [-0.25, -0.2) is 4.79 Å². The van der Waals surface area contributed by atoms with Crippen LogP contribution in [0.15, 0.2) is 30.3 Å². The summed E-state index contributed by atoms with van der Waals surface area (Å²) in [5, 5.41) is 12.3. The van der Waals surface area contributed by atoms with Gasteiger partial charge in [-0.05, 0) is 24.3 Å². The summed E-state index contributed by atoms with van der Waals surface area (Å²) in [4.78, 5) is 11.6. The fourth-order valence-electron chi connectivity index (χ4n) is 2.33. The van der Waals surface area contributed by atoms with Gasteiger partial charge in [0.25, 0.3) is 0 Å². The quantitative estimate of drug-likeness (QED) is 0.862. The molecule has 3 unspecified atom stereocenters. The molecule has 0 saturated heterocycles. The van der Waals surface area contributed by atoms with Crippen molar-refractivity contribution in [3.05, 3.63) is 35.9 Å². The number of rotatable bonds is 3. The summed E-state index contributed by atoms with van der Waals surface area (Å²) in [7, 11) is 0. The SMILES string of the molecule is CC1CC(O)CC1NC(=O)OCc1ccccc1. The molecule has 18 heavy (non-hydrogen) atoms. The number of amides is 1. The number of aliphatic hydroxyl groups is 1. The number of benzene rings is 1. The Balaban J connectivity index is 1.76. The van der Waals surface area contributed by atoms with Crippen molar-refractivity contribution in [2.24, 2.45) is 5.92 Å². The molecule has 4 nitrogen and oxygen atoms in total. The van der Waals surface area contributed by atoms with Crippen molar-refractivity contribution in [3.63, 3.8) is 0 Å². The zero-order valence-corrected chi connectivity index (χ0v) is 10.5. The van der Waals surface area contributed by atoms with E-state index in [-0.39, 0.29) is 18.8 Å². The first-order valence-corrected chi connectivity index (χ1v) is 6.30. The van der Waals surface area contributed by atoms with Crippen molar-refractivity contribution in [2.45, 2.75) is 38.5 Å². The standard InChI is InChI=1S/C14H19NO3/c1-10-7-12(16)8-13(10)15-14(17)18-9-11-5-3-2-4-6-11/h2-6,10,12-13,16H,7-9H2,1H3,(H,15,17). The number of carbonyl (C=O) groups excluding carboxylic acids is 1. The number of ether oxygens (including phenoxy) is 1. The molecule has 2 N–H and O–H groups in total. The summed E-state index contributed by atoms with van der Waals surface area (Å²) in [6, 6.07) is 9.58. The van der Waals surface area contributed by atoms with Gasteiger partial charge in [-0.2, -0.15) is 0 Å². The van der Waals surface area contributed by atoms with E-state index in [1.54, 1.807) is 0 Å². The Hall–Kier alpha value is -1.55. The molecule has 1 fully saturated rings. The zero-order chi connectivity index (χ0) is 13.0. The minimum absolute atomic E-state index is 0.0169. The largest absolute Gasteiger partial charge is 0.445 e. The number of aliphatic hydroxyl groups excluding tert-OH is 1. The fourth-order valence-corrected chi connectivity index (χ4v) is 2.33. The van der Waals surface area contributed by atoms with Gasteiger partial charge < -0.3 is 15.2 Å². The van der Waals surface area contributed by atoms with Gasteiger partial charge in [0.05, 0.1) is 6.10 Å². The molecule has 3 atom stereocenters. The molecular formula is C14H19NO3. The minimum atomic E-state index is -0.412. The van der Waals surface area contributed by atoms with Gasteiger partial charge in [0.1, 0.15) is 6.61 Å². The van der Waals surface area contributed by atoms with Gasteiger partial charge in [0, 0.05) is 6.04 Å². The third kappa shape index (κ3) is 3.47. The Bertz CT molecular complexity index is 393. The van der Waals surface area contributed by atoms with Crippen LogP contribution in [0.4, 0.5) is 4.79 Å². The topological polar surface area (TPSA) is 58.6 Å². The van der Waals surface area contributed by atoms with E-state index in [1.165, 1.54) is 0 Å². The van der Waals surface area contributed by atoms with Crippen LogP contribution in [0, 0.1) is 5.92 Å². The summed E-state index contributed by atoms with van der Waals surface area (Å²) in [6.07, 6.45) is 0.634. The maximum atomic E-state index is 11.6. The van der Waals surface area contributed by atoms with Gasteiger partial charge in [0.15, 0.2) is 0 Å². The Morgan fingerprint density at radius 3 is 2.72 bits per heavy atom. The molecule has 0 aliphatic heterocycles. The molecule has 1 amide bonds. The average molecular weight is 249 g/mol. The van der Waals surface area contributed by atoms with Crippen LogP contribution < -0.4 is 5.32 Å². The molecular weight excluding hydrogens is 230 g/mol. The third-order valence-corrected chi connectivity index (χ3v) is 3.37. The highest BCUT2D eigenvalue weighted by Gasteiger charge is 2.31. The highest BCUT2D eigenvalue weighted by molar-refractivity contribution is 5.67. The van der Waals surface area contributed by atoms with E-state index in [0.717, 1.165) is 12.0 Å². The van der Waals surface area contributed by atoms with Crippen LogP contribution in [0.2, 0.25) is 0 Å². The molecule has 1 aromatic carbocycles. The van der Waals surface area contributed by atoms with E-state index in [1.807, 2.05) is 37.3 Å². The molecule has 1 aliphatic carbocycles.